The average Bonchev–Trinajstić information content (AvgIpc) is 3.06. The number of imide groups is 1. The third kappa shape index (κ3) is 3.74. The number of thioether (sulfide) groups is 1. The van der Waals surface area contributed by atoms with Crippen molar-refractivity contribution in [3.63, 3.8) is 0 Å². The summed E-state index contributed by atoms with van der Waals surface area (Å²) in [5.74, 6) is -2.58. The van der Waals surface area contributed by atoms with Gasteiger partial charge in [0.2, 0.25) is 11.8 Å². The Hall–Kier alpha value is -3.65. The number of anilines is 1. The molecular formula is C23H18F3N3O4S. The number of alkyl halides is 3. The van der Waals surface area contributed by atoms with Crippen LogP contribution >= 0.6 is 11.8 Å². The number of amides is 2. The molecule has 0 unspecified atom stereocenters. The van der Waals surface area contributed by atoms with Crippen LogP contribution in [0.1, 0.15) is 17.0 Å². The lowest BCUT2D eigenvalue weighted by atomic mass is 9.79. The maximum atomic E-state index is 13.5. The number of hydrogen-bond donors (Lipinski definition) is 1. The highest BCUT2D eigenvalue weighted by Gasteiger charge is 2.56. The van der Waals surface area contributed by atoms with E-state index in [0.29, 0.717) is 17.1 Å². The highest BCUT2D eigenvalue weighted by Crippen LogP contribution is 2.51. The van der Waals surface area contributed by atoms with Gasteiger partial charge >= 0.3 is 6.18 Å². The van der Waals surface area contributed by atoms with E-state index in [-0.39, 0.29) is 16.3 Å². The summed E-state index contributed by atoms with van der Waals surface area (Å²) in [5.41, 5.74) is 5.52. The van der Waals surface area contributed by atoms with E-state index in [1.807, 2.05) is 6.07 Å². The topological polar surface area (TPSA) is 106 Å². The van der Waals surface area contributed by atoms with E-state index in [0.717, 1.165) is 34.9 Å². The van der Waals surface area contributed by atoms with Crippen LogP contribution in [-0.2, 0) is 15.8 Å². The summed E-state index contributed by atoms with van der Waals surface area (Å²) >= 11 is 0.870. The summed E-state index contributed by atoms with van der Waals surface area (Å²) in [6.07, 6.45) is -4.65. The molecule has 1 saturated heterocycles. The van der Waals surface area contributed by atoms with Crippen LogP contribution in [0.3, 0.4) is 0 Å². The van der Waals surface area contributed by atoms with Gasteiger partial charge in [-0.2, -0.15) is 18.4 Å². The Morgan fingerprint density at radius 1 is 1.06 bits per heavy atom. The minimum Gasteiger partial charge on any atom is -0.493 e. The number of benzene rings is 2. The van der Waals surface area contributed by atoms with Gasteiger partial charge in [-0.3, -0.25) is 9.59 Å². The van der Waals surface area contributed by atoms with Crippen LogP contribution in [0.15, 0.2) is 53.1 Å². The molecule has 7 nitrogen and oxygen atoms in total. The number of allylic oxidation sites excluding steroid dienone is 1. The predicted molar refractivity (Wildman–Crippen MR) is 118 cm³/mol. The van der Waals surface area contributed by atoms with Gasteiger partial charge in [-0.1, -0.05) is 23.9 Å². The Balaban J connectivity index is 1.83. The molecule has 0 bridgehead atoms. The van der Waals surface area contributed by atoms with Gasteiger partial charge < -0.3 is 15.2 Å². The van der Waals surface area contributed by atoms with Crippen molar-refractivity contribution >= 4 is 29.3 Å². The Kier molecular flexibility index (Phi) is 5.95. The van der Waals surface area contributed by atoms with Gasteiger partial charge in [-0.15, -0.1) is 0 Å². The lowest BCUT2D eigenvalue weighted by Gasteiger charge is -2.31. The molecule has 2 aromatic rings. The van der Waals surface area contributed by atoms with Crippen molar-refractivity contribution in [3.8, 4) is 17.6 Å². The predicted octanol–water partition coefficient (Wildman–Crippen LogP) is 3.81. The number of methoxy groups -OCH3 is 2. The van der Waals surface area contributed by atoms with Gasteiger partial charge in [0.1, 0.15) is 5.25 Å². The van der Waals surface area contributed by atoms with Crippen molar-refractivity contribution in [2.75, 3.05) is 19.1 Å². The quantitative estimate of drug-likeness (QED) is 0.651. The third-order valence-corrected chi connectivity index (χ3v) is 7.03. The Labute approximate surface area is 196 Å². The van der Waals surface area contributed by atoms with Crippen molar-refractivity contribution < 1.29 is 32.2 Å². The highest BCUT2D eigenvalue weighted by atomic mass is 32.2. The van der Waals surface area contributed by atoms with Crippen molar-refractivity contribution in [1.82, 2.24) is 0 Å². The number of nitriles is 1. The highest BCUT2D eigenvalue weighted by molar-refractivity contribution is 8.04. The summed E-state index contributed by atoms with van der Waals surface area (Å²) in [7, 11) is 2.88. The second-order valence-electron chi connectivity index (χ2n) is 7.61. The minimum atomic E-state index is -4.65. The Morgan fingerprint density at radius 3 is 2.38 bits per heavy atom. The lowest BCUT2D eigenvalue weighted by Crippen LogP contribution is -2.33. The molecule has 2 aliphatic heterocycles. The zero-order valence-corrected chi connectivity index (χ0v) is 18.7. The fourth-order valence-electron chi connectivity index (χ4n) is 4.26. The SMILES string of the molecule is COc1ccc([C@@H]2C(C#N)=C(N)S[C@H]3C(=O)N(c4cccc(C(F)(F)F)c4)C(=O)[C@H]32)cc1OC. The van der Waals surface area contributed by atoms with Crippen LogP contribution in [0.2, 0.25) is 0 Å². The fourth-order valence-corrected chi connectivity index (χ4v) is 5.46. The molecule has 2 aromatic carbocycles. The van der Waals surface area contributed by atoms with E-state index < -0.39 is 40.6 Å². The standard InChI is InChI=1S/C23H18F3N3O4S/c1-32-15-7-6-11(8-16(15)33-2)17-14(10-27)20(28)34-19-18(17)21(30)29(22(19)31)13-5-3-4-12(9-13)23(24,25)26/h3-9,17-19H,28H2,1-2H3/t17-,18+,19-/m1/s1. The average molecular weight is 489 g/mol. The molecule has 11 heteroatoms. The molecular weight excluding hydrogens is 471 g/mol. The van der Waals surface area contributed by atoms with Gasteiger partial charge in [-0.05, 0) is 35.9 Å². The van der Waals surface area contributed by atoms with Gasteiger partial charge in [0.05, 0.1) is 48.1 Å². The van der Waals surface area contributed by atoms with Crippen LogP contribution in [0.25, 0.3) is 0 Å². The molecule has 2 aliphatic rings. The van der Waals surface area contributed by atoms with Crippen LogP contribution in [0, 0.1) is 17.2 Å². The van der Waals surface area contributed by atoms with Crippen molar-refractivity contribution in [2.24, 2.45) is 11.7 Å². The summed E-state index contributed by atoms with van der Waals surface area (Å²) in [4.78, 5) is 27.5. The molecule has 176 valence electrons. The zero-order valence-electron chi connectivity index (χ0n) is 17.9. The van der Waals surface area contributed by atoms with Crippen LogP contribution in [0.5, 0.6) is 11.5 Å². The fraction of sp³-hybridized carbons (Fsp3) is 0.261. The second-order valence-corrected chi connectivity index (χ2v) is 8.79. The normalized spacial score (nSPS) is 22.5. The first-order valence-corrected chi connectivity index (χ1v) is 10.8. The number of halogens is 3. The summed E-state index contributed by atoms with van der Waals surface area (Å²) in [6.45, 7) is 0. The van der Waals surface area contributed by atoms with E-state index in [2.05, 4.69) is 0 Å². The Morgan fingerprint density at radius 2 is 1.76 bits per heavy atom. The summed E-state index contributed by atoms with van der Waals surface area (Å²) in [5, 5.41) is 8.89. The summed E-state index contributed by atoms with van der Waals surface area (Å²) < 4.78 is 50.3. The number of carbonyl (C=O) groups is 2. The molecule has 0 saturated carbocycles. The minimum absolute atomic E-state index is 0.0792. The van der Waals surface area contributed by atoms with E-state index in [1.54, 1.807) is 18.2 Å². The van der Waals surface area contributed by atoms with Crippen LogP contribution in [0.4, 0.5) is 18.9 Å². The van der Waals surface area contributed by atoms with Gasteiger partial charge in [0.25, 0.3) is 0 Å². The maximum absolute atomic E-state index is 13.5. The molecule has 0 radical (unpaired) electrons. The van der Waals surface area contributed by atoms with Gasteiger partial charge in [0.15, 0.2) is 11.5 Å². The number of nitrogens with zero attached hydrogens (tertiary/aromatic N) is 2. The lowest BCUT2D eigenvalue weighted by molar-refractivity contribution is -0.137. The second kappa shape index (κ2) is 8.61. The zero-order chi connectivity index (χ0) is 24.8. The van der Waals surface area contributed by atoms with Crippen LogP contribution < -0.4 is 20.1 Å². The molecule has 34 heavy (non-hydrogen) atoms. The largest absolute Gasteiger partial charge is 0.493 e. The van der Waals surface area contributed by atoms with E-state index in [1.165, 1.54) is 20.3 Å². The Bertz CT molecular complexity index is 1250. The van der Waals surface area contributed by atoms with Crippen molar-refractivity contribution in [2.45, 2.75) is 17.3 Å². The number of fused-ring (bicyclic) bond motifs is 1. The van der Waals surface area contributed by atoms with Gasteiger partial charge in [0, 0.05) is 5.92 Å². The monoisotopic (exact) mass is 489 g/mol. The third-order valence-electron chi connectivity index (χ3n) is 5.80. The number of ether oxygens (including phenoxy) is 2. The number of carbonyl (C=O) groups excluding carboxylic acids is 2. The van der Waals surface area contributed by atoms with Crippen LogP contribution in [-0.4, -0.2) is 31.3 Å². The molecule has 0 spiro atoms. The first-order chi connectivity index (χ1) is 16.1. The molecule has 0 aliphatic carbocycles. The van der Waals surface area contributed by atoms with Crippen molar-refractivity contribution in [3.05, 3.63) is 64.2 Å². The molecule has 2 amide bonds. The molecule has 4 rings (SSSR count). The first kappa shape index (κ1) is 23.5. The molecule has 1 fully saturated rings. The summed E-state index contributed by atoms with van der Waals surface area (Å²) in [6, 6.07) is 10.9. The molecule has 0 aromatic heterocycles. The smallest absolute Gasteiger partial charge is 0.416 e. The number of rotatable bonds is 4. The van der Waals surface area contributed by atoms with E-state index in [4.69, 9.17) is 15.2 Å². The van der Waals surface area contributed by atoms with E-state index >= 15 is 0 Å². The molecule has 3 atom stereocenters. The molecule has 2 heterocycles. The number of hydrogen-bond acceptors (Lipinski definition) is 7. The first-order valence-electron chi connectivity index (χ1n) is 9.95. The maximum Gasteiger partial charge on any atom is 0.416 e. The molecule has 2 N–H and O–H groups in total. The van der Waals surface area contributed by atoms with Gasteiger partial charge in [-0.25, -0.2) is 4.90 Å². The van der Waals surface area contributed by atoms with Crippen molar-refractivity contribution in [1.29, 1.82) is 5.26 Å². The number of nitrogens with two attached hydrogens (primary N) is 1. The van der Waals surface area contributed by atoms with E-state index in [9.17, 15) is 28.0 Å².